The summed E-state index contributed by atoms with van der Waals surface area (Å²) in [7, 11) is 0. The molecule has 2 unspecified atom stereocenters. The first kappa shape index (κ1) is 5.00. The molecule has 52 valence electrons. The van der Waals surface area contributed by atoms with E-state index in [4.69, 9.17) is 4.74 Å². The van der Waals surface area contributed by atoms with Gasteiger partial charge in [0.25, 0.3) is 0 Å². The third-order valence-electron chi connectivity index (χ3n) is 2.62. The molecule has 1 aliphatic heterocycles. The van der Waals surface area contributed by atoms with Crippen molar-refractivity contribution >= 4 is 0 Å². The lowest BCUT2D eigenvalue weighted by Gasteiger charge is -2.03. The molecule has 0 bridgehead atoms. The standard InChI is InChI=1S/C9H10O/c1-2-10-9-5-8-4-7(8)3-6(1)9/h3,5,7-8H,1-2,4H2. The highest BCUT2D eigenvalue weighted by Crippen LogP contribution is 2.48. The van der Waals surface area contributed by atoms with E-state index in [1.54, 1.807) is 0 Å². The Morgan fingerprint density at radius 1 is 1.30 bits per heavy atom. The van der Waals surface area contributed by atoms with E-state index in [2.05, 4.69) is 12.2 Å². The van der Waals surface area contributed by atoms with Crippen molar-refractivity contribution in [1.82, 2.24) is 0 Å². The Bertz CT molecular complexity index is 213. The molecule has 10 heavy (non-hydrogen) atoms. The van der Waals surface area contributed by atoms with Crippen LogP contribution in [0.4, 0.5) is 0 Å². The van der Waals surface area contributed by atoms with Gasteiger partial charge >= 0.3 is 0 Å². The van der Waals surface area contributed by atoms with Crippen LogP contribution in [0.15, 0.2) is 23.5 Å². The predicted octanol–water partition coefficient (Wildman–Crippen LogP) is 1.87. The molecule has 3 rings (SSSR count). The van der Waals surface area contributed by atoms with Crippen molar-refractivity contribution in [3.63, 3.8) is 0 Å². The number of allylic oxidation sites excluding steroid dienone is 3. The maximum atomic E-state index is 5.45. The first-order valence-electron chi connectivity index (χ1n) is 3.99. The highest BCUT2D eigenvalue weighted by atomic mass is 16.5. The Kier molecular flexibility index (Phi) is 0.735. The maximum absolute atomic E-state index is 5.45. The van der Waals surface area contributed by atoms with Crippen LogP contribution in [0, 0.1) is 11.8 Å². The SMILES string of the molecule is C1=C2CCOC2=CC2CC12. The van der Waals surface area contributed by atoms with Gasteiger partial charge in [0.15, 0.2) is 0 Å². The minimum atomic E-state index is 0.844. The van der Waals surface area contributed by atoms with Crippen LogP contribution in [0.3, 0.4) is 0 Å². The molecular formula is C9H10O. The minimum absolute atomic E-state index is 0.844. The van der Waals surface area contributed by atoms with Crippen LogP contribution in [0.5, 0.6) is 0 Å². The molecular weight excluding hydrogens is 124 g/mol. The van der Waals surface area contributed by atoms with Crippen molar-refractivity contribution in [2.24, 2.45) is 11.8 Å². The summed E-state index contributed by atoms with van der Waals surface area (Å²) in [5.41, 5.74) is 1.47. The second-order valence-corrected chi connectivity index (χ2v) is 3.38. The molecule has 2 fully saturated rings. The second kappa shape index (κ2) is 1.47. The van der Waals surface area contributed by atoms with Gasteiger partial charge in [0.1, 0.15) is 5.76 Å². The number of rotatable bonds is 0. The van der Waals surface area contributed by atoms with Gasteiger partial charge in [0.2, 0.25) is 0 Å². The molecule has 0 aromatic heterocycles. The lowest BCUT2D eigenvalue weighted by molar-refractivity contribution is 0.263. The van der Waals surface area contributed by atoms with Gasteiger partial charge in [-0.05, 0) is 29.9 Å². The van der Waals surface area contributed by atoms with Crippen molar-refractivity contribution in [3.8, 4) is 0 Å². The lowest BCUT2D eigenvalue weighted by atomic mass is 10.1. The van der Waals surface area contributed by atoms with Crippen LogP contribution in [0.25, 0.3) is 0 Å². The van der Waals surface area contributed by atoms with Gasteiger partial charge in [-0.3, -0.25) is 0 Å². The summed E-state index contributed by atoms with van der Waals surface area (Å²) in [6.07, 6.45) is 7.24. The number of ether oxygens (including phenoxy) is 1. The van der Waals surface area contributed by atoms with Crippen LogP contribution in [-0.4, -0.2) is 6.61 Å². The van der Waals surface area contributed by atoms with Crippen LogP contribution in [0.2, 0.25) is 0 Å². The molecule has 0 radical (unpaired) electrons. The quantitative estimate of drug-likeness (QED) is 0.491. The Hall–Kier alpha value is -0.720. The Labute approximate surface area is 60.4 Å². The van der Waals surface area contributed by atoms with Crippen molar-refractivity contribution < 1.29 is 4.74 Å². The van der Waals surface area contributed by atoms with Crippen LogP contribution in [-0.2, 0) is 4.74 Å². The van der Waals surface area contributed by atoms with Crippen molar-refractivity contribution in [2.45, 2.75) is 12.8 Å². The summed E-state index contributed by atoms with van der Waals surface area (Å²) >= 11 is 0. The second-order valence-electron chi connectivity index (χ2n) is 3.38. The summed E-state index contributed by atoms with van der Waals surface area (Å²) in [6.45, 7) is 0.914. The van der Waals surface area contributed by atoms with E-state index in [0.29, 0.717) is 0 Å². The average molecular weight is 134 g/mol. The minimum Gasteiger partial charge on any atom is -0.493 e. The van der Waals surface area contributed by atoms with E-state index in [-0.39, 0.29) is 0 Å². The van der Waals surface area contributed by atoms with Gasteiger partial charge in [-0.1, -0.05) is 6.08 Å². The van der Waals surface area contributed by atoms with E-state index in [0.717, 1.165) is 24.9 Å². The third-order valence-corrected chi connectivity index (χ3v) is 2.62. The maximum Gasteiger partial charge on any atom is 0.118 e. The van der Waals surface area contributed by atoms with E-state index in [1.807, 2.05) is 0 Å². The monoisotopic (exact) mass is 134 g/mol. The van der Waals surface area contributed by atoms with Gasteiger partial charge in [-0.15, -0.1) is 0 Å². The first-order valence-corrected chi connectivity index (χ1v) is 3.99. The number of hydrogen-bond donors (Lipinski definition) is 0. The highest BCUT2D eigenvalue weighted by molar-refractivity contribution is 5.37. The summed E-state index contributed by atoms with van der Waals surface area (Å²) < 4.78 is 5.45. The van der Waals surface area contributed by atoms with E-state index < -0.39 is 0 Å². The Morgan fingerprint density at radius 3 is 3.20 bits per heavy atom. The van der Waals surface area contributed by atoms with Crippen molar-refractivity contribution in [1.29, 1.82) is 0 Å². The smallest absolute Gasteiger partial charge is 0.118 e. The molecule has 0 spiro atoms. The highest BCUT2D eigenvalue weighted by Gasteiger charge is 2.38. The van der Waals surface area contributed by atoms with Crippen LogP contribution in [0.1, 0.15) is 12.8 Å². The molecule has 1 saturated carbocycles. The normalized spacial score (nSPS) is 40.8. The Morgan fingerprint density at radius 2 is 2.20 bits per heavy atom. The zero-order valence-corrected chi connectivity index (χ0v) is 5.84. The fourth-order valence-corrected chi connectivity index (χ4v) is 1.88. The summed E-state index contributed by atoms with van der Waals surface area (Å²) in [5, 5.41) is 0. The molecule has 1 heterocycles. The average Bonchev–Trinajstić information content (AvgIpc) is 2.52. The van der Waals surface area contributed by atoms with Gasteiger partial charge in [-0.2, -0.15) is 0 Å². The lowest BCUT2D eigenvalue weighted by Crippen LogP contribution is -1.90. The topological polar surface area (TPSA) is 9.23 Å². The molecule has 2 aliphatic carbocycles. The van der Waals surface area contributed by atoms with Gasteiger partial charge in [0, 0.05) is 6.42 Å². The fraction of sp³-hybridized carbons (Fsp3) is 0.556. The fourth-order valence-electron chi connectivity index (χ4n) is 1.88. The zero-order chi connectivity index (χ0) is 6.55. The third kappa shape index (κ3) is 0.530. The molecule has 0 N–H and O–H groups in total. The van der Waals surface area contributed by atoms with Crippen LogP contribution >= 0.6 is 0 Å². The summed E-state index contributed by atoms with van der Waals surface area (Å²) in [5.74, 6) is 2.93. The molecule has 2 atom stereocenters. The van der Waals surface area contributed by atoms with Crippen molar-refractivity contribution in [2.75, 3.05) is 6.61 Å². The predicted molar refractivity (Wildman–Crippen MR) is 38.3 cm³/mol. The summed E-state index contributed by atoms with van der Waals surface area (Å²) in [4.78, 5) is 0. The van der Waals surface area contributed by atoms with Gasteiger partial charge in [0.05, 0.1) is 6.61 Å². The van der Waals surface area contributed by atoms with Crippen LogP contribution < -0.4 is 0 Å². The van der Waals surface area contributed by atoms with Gasteiger partial charge < -0.3 is 4.74 Å². The molecule has 0 aromatic carbocycles. The molecule has 3 aliphatic rings. The molecule has 1 nitrogen and oxygen atoms in total. The number of hydrogen-bond acceptors (Lipinski definition) is 1. The first-order chi connectivity index (χ1) is 4.93. The van der Waals surface area contributed by atoms with E-state index in [9.17, 15) is 0 Å². The molecule has 1 heteroatoms. The largest absolute Gasteiger partial charge is 0.493 e. The zero-order valence-electron chi connectivity index (χ0n) is 5.84. The van der Waals surface area contributed by atoms with E-state index >= 15 is 0 Å². The number of fused-ring (bicyclic) bond motifs is 2. The summed E-state index contributed by atoms with van der Waals surface area (Å²) in [6, 6.07) is 0. The molecule has 0 amide bonds. The molecule has 1 saturated heterocycles. The van der Waals surface area contributed by atoms with Crippen molar-refractivity contribution in [3.05, 3.63) is 23.5 Å². The Balaban J connectivity index is 2.06. The molecule has 0 aromatic rings. The van der Waals surface area contributed by atoms with Gasteiger partial charge in [-0.25, -0.2) is 0 Å². The van der Waals surface area contributed by atoms with E-state index in [1.165, 1.54) is 17.8 Å².